The lowest BCUT2D eigenvalue weighted by atomic mass is 9.70. The first-order valence-corrected chi connectivity index (χ1v) is 33.8. The molecule has 0 saturated heterocycles. The predicted molar refractivity (Wildman–Crippen MR) is 363 cm³/mol. The molecule has 0 bridgehead atoms. The Morgan fingerprint density at radius 2 is 0.745 bits per heavy atom. The summed E-state index contributed by atoms with van der Waals surface area (Å²) in [6, 6.07) is 38.2. The fourth-order valence-electron chi connectivity index (χ4n) is 11.5. The summed E-state index contributed by atoms with van der Waals surface area (Å²) in [6.07, 6.45) is 6.28. The lowest BCUT2D eigenvalue weighted by Crippen LogP contribution is -2.31. The molecule has 2 aliphatic rings. The Morgan fingerprint density at radius 1 is 0.372 bits per heavy atom. The van der Waals surface area contributed by atoms with Gasteiger partial charge in [-0.05, 0) is 136 Å². The molecule has 1 unspecified atom stereocenters. The van der Waals surface area contributed by atoms with Gasteiger partial charge in [-0.3, -0.25) is 9.59 Å². The largest absolute Gasteiger partial charge is 0.494 e. The van der Waals surface area contributed by atoms with Gasteiger partial charge in [0.15, 0.2) is 0 Å². The third kappa shape index (κ3) is 27.0. The predicted octanol–water partition coefficient (Wildman–Crippen LogP) is 9.04. The maximum Gasteiger partial charge on any atom is 0.220 e. The first-order chi connectivity index (χ1) is 46.4. The molecule has 0 aliphatic heterocycles. The highest BCUT2D eigenvalue weighted by Gasteiger charge is 2.43. The zero-order valence-corrected chi connectivity index (χ0v) is 55.9. The van der Waals surface area contributed by atoms with E-state index < -0.39 is 0 Å². The molecule has 5 aromatic rings. The Hall–Kier alpha value is -5.76. The lowest BCUT2D eigenvalue weighted by molar-refractivity contribution is -0.126. The van der Waals surface area contributed by atoms with E-state index in [4.69, 9.17) is 76.8 Å². The van der Waals surface area contributed by atoms with Crippen LogP contribution in [-0.2, 0) is 87.7 Å². The summed E-state index contributed by atoms with van der Waals surface area (Å²) in [6.45, 7) is 15.2. The van der Waals surface area contributed by atoms with Gasteiger partial charge < -0.3 is 87.4 Å². The van der Waals surface area contributed by atoms with Crippen LogP contribution in [0.3, 0.4) is 0 Å². The number of methoxy groups -OCH3 is 2. The number of ether oxygens (including phenoxy) is 15. The highest BCUT2D eigenvalue weighted by molar-refractivity contribution is 5.87. The molecule has 1 atom stereocenters. The quantitative estimate of drug-likeness (QED) is 0.0303. The fourth-order valence-corrected chi connectivity index (χ4v) is 11.5. The van der Waals surface area contributed by atoms with Crippen molar-refractivity contribution in [1.82, 2.24) is 10.6 Å². The second-order valence-electron chi connectivity index (χ2n) is 22.9. The van der Waals surface area contributed by atoms with Crippen molar-refractivity contribution in [3.8, 4) is 50.3 Å². The molecular weight excluding hydrogens is 1200 g/mol. The van der Waals surface area contributed by atoms with E-state index in [-0.39, 0.29) is 30.1 Å². The number of unbranched alkanes of at least 4 members (excludes halogenated alkanes) is 1. The summed E-state index contributed by atoms with van der Waals surface area (Å²) in [5, 5.41) is 5.59. The SMILES string of the molecule is COCCOCCCC1(CCCOCCOCCOCCOCCOCCOCCOCCOCCOCCOCCOCCOC)c2cc(-c3ccc(OCCCCNC(=O)CCC(=O)NCCN)cc3)ccc2-c2ccc(-c3ccc4c(c3)Cc3ccccc3-4)cc21. The second kappa shape index (κ2) is 46.4. The number of rotatable bonds is 57. The van der Waals surface area contributed by atoms with Crippen LogP contribution in [0.25, 0.3) is 44.5 Å². The monoisotopic (exact) mass is 1310 g/mol. The van der Waals surface area contributed by atoms with Crippen LogP contribution in [0.5, 0.6) is 5.75 Å². The van der Waals surface area contributed by atoms with Gasteiger partial charge in [-0.1, -0.05) is 78.9 Å². The first kappa shape index (κ1) is 75.6. The molecule has 0 heterocycles. The molecule has 2 aliphatic carbocycles. The zero-order chi connectivity index (χ0) is 65.8. The van der Waals surface area contributed by atoms with Gasteiger partial charge in [0.1, 0.15) is 5.75 Å². The molecule has 0 aromatic heterocycles. The van der Waals surface area contributed by atoms with Gasteiger partial charge in [0.2, 0.25) is 11.8 Å². The summed E-state index contributed by atoms with van der Waals surface area (Å²) in [5.41, 5.74) is 20.4. The summed E-state index contributed by atoms with van der Waals surface area (Å²) < 4.78 is 84.7. The van der Waals surface area contributed by atoms with Crippen LogP contribution in [0, 0.1) is 0 Å². The summed E-state index contributed by atoms with van der Waals surface area (Å²) in [5.74, 6) is 0.485. The minimum absolute atomic E-state index is 0.138. The summed E-state index contributed by atoms with van der Waals surface area (Å²) in [4.78, 5) is 24.1. The van der Waals surface area contributed by atoms with Gasteiger partial charge >= 0.3 is 0 Å². The van der Waals surface area contributed by atoms with Gasteiger partial charge in [-0.2, -0.15) is 0 Å². The number of fused-ring (bicyclic) bond motifs is 6. The number of nitrogens with one attached hydrogen (secondary N) is 2. The van der Waals surface area contributed by atoms with Crippen molar-refractivity contribution in [2.45, 2.75) is 63.2 Å². The van der Waals surface area contributed by atoms with E-state index in [1.807, 2.05) is 12.1 Å². The molecule has 518 valence electrons. The number of amides is 2. The van der Waals surface area contributed by atoms with Crippen molar-refractivity contribution < 1.29 is 80.6 Å². The van der Waals surface area contributed by atoms with Crippen LogP contribution < -0.4 is 21.1 Å². The average Bonchev–Trinajstić information content (AvgIpc) is 1.56. The normalized spacial score (nSPS) is 13.6. The Kier molecular flexibility index (Phi) is 37.3. The van der Waals surface area contributed by atoms with Crippen LogP contribution >= 0.6 is 0 Å². The number of nitrogens with two attached hydrogens (primary N) is 1. The molecule has 0 radical (unpaired) electrons. The molecule has 7 rings (SSSR count). The minimum Gasteiger partial charge on any atom is -0.494 e. The fraction of sp³-hybridized carbons (Fsp3) is 0.568. The molecule has 20 heteroatoms. The van der Waals surface area contributed by atoms with E-state index in [1.54, 1.807) is 14.2 Å². The molecular formula is C74H105N3O17. The second-order valence-corrected chi connectivity index (χ2v) is 22.9. The van der Waals surface area contributed by atoms with Crippen molar-refractivity contribution >= 4 is 11.8 Å². The molecule has 5 aromatic carbocycles. The zero-order valence-electron chi connectivity index (χ0n) is 55.9. The Bertz CT molecular complexity index is 2880. The first-order valence-electron chi connectivity index (χ1n) is 33.8. The number of carbonyl (C=O) groups is 2. The van der Waals surface area contributed by atoms with Gasteiger partial charge in [0.25, 0.3) is 0 Å². The van der Waals surface area contributed by atoms with E-state index in [0.29, 0.717) is 198 Å². The number of carbonyl (C=O) groups excluding carboxylic acids is 2. The van der Waals surface area contributed by atoms with Crippen LogP contribution in [0.2, 0.25) is 0 Å². The Morgan fingerprint density at radius 3 is 1.19 bits per heavy atom. The van der Waals surface area contributed by atoms with E-state index in [2.05, 4.69) is 102 Å². The molecule has 20 nitrogen and oxygen atoms in total. The maximum absolute atomic E-state index is 12.2. The van der Waals surface area contributed by atoms with Crippen molar-refractivity contribution in [3.05, 3.63) is 125 Å². The highest BCUT2D eigenvalue weighted by Crippen LogP contribution is 2.55. The van der Waals surface area contributed by atoms with Gasteiger partial charge in [-0.15, -0.1) is 0 Å². The Labute approximate surface area is 557 Å². The number of hydrogen-bond donors (Lipinski definition) is 3. The molecule has 0 spiro atoms. The molecule has 4 N–H and O–H groups in total. The van der Waals surface area contributed by atoms with E-state index >= 15 is 0 Å². The van der Waals surface area contributed by atoms with Crippen LogP contribution in [0.15, 0.2) is 103 Å². The molecule has 0 saturated carbocycles. The molecule has 2 amide bonds. The highest BCUT2D eigenvalue weighted by atomic mass is 16.6. The summed E-state index contributed by atoms with van der Waals surface area (Å²) in [7, 11) is 3.35. The van der Waals surface area contributed by atoms with Gasteiger partial charge in [0, 0.05) is 65.3 Å². The molecule has 0 fully saturated rings. The smallest absolute Gasteiger partial charge is 0.220 e. The van der Waals surface area contributed by atoms with Crippen LogP contribution in [0.1, 0.15) is 73.6 Å². The van der Waals surface area contributed by atoms with Crippen LogP contribution in [0.4, 0.5) is 0 Å². The standard InChI is InChI=1S/C74H105N3O17/c1-80-31-33-82-28-7-23-74(24-8-29-83-35-36-85-39-40-87-43-44-89-47-48-91-51-52-93-54-53-92-50-49-90-46-45-88-42-41-86-38-37-84-34-32-81-2)70-57-61(59-11-16-65(17-12-59)94-30-6-5-26-76-72(78)21-22-73(79)77-27-25-75)14-19-68(70)69-20-15-62(58-71(69)74)60-13-18-67-64(55-60)56-63-9-3-4-10-66(63)67/h3-4,9-20,55,57-58H,5-8,21-54,56,75H2,1-2H3,(H,76,78)(H,77,79). The van der Waals surface area contributed by atoms with Crippen LogP contribution in [-0.4, -0.2) is 224 Å². The average molecular weight is 1310 g/mol. The maximum atomic E-state index is 12.2. The van der Waals surface area contributed by atoms with Gasteiger partial charge in [-0.25, -0.2) is 0 Å². The third-order valence-corrected chi connectivity index (χ3v) is 16.3. The van der Waals surface area contributed by atoms with Crippen molar-refractivity contribution in [1.29, 1.82) is 0 Å². The minimum atomic E-state index is -0.316. The van der Waals surface area contributed by atoms with Crippen molar-refractivity contribution in [3.63, 3.8) is 0 Å². The Balaban J connectivity index is 0.814. The molecule has 94 heavy (non-hydrogen) atoms. The van der Waals surface area contributed by atoms with Crippen molar-refractivity contribution in [2.75, 3.05) is 212 Å². The summed E-state index contributed by atoms with van der Waals surface area (Å²) >= 11 is 0. The lowest BCUT2D eigenvalue weighted by Gasteiger charge is -2.33. The van der Waals surface area contributed by atoms with E-state index in [0.717, 1.165) is 61.8 Å². The number of hydrogen-bond acceptors (Lipinski definition) is 18. The van der Waals surface area contributed by atoms with Gasteiger partial charge in [0.05, 0.1) is 165 Å². The van der Waals surface area contributed by atoms with E-state index in [1.165, 1.54) is 55.6 Å². The topological polar surface area (TPSA) is 223 Å². The third-order valence-electron chi connectivity index (χ3n) is 16.3. The number of benzene rings is 5. The van der Waals surface area contributed by atoms with Crippen molar-refractivity contribution in [2.24, 2.45) is 5.73 Å². The van der Waals surface area contributed by atoms with E-state index in [9.17, 15) is 9.59 Å².